The van der Waals surface area contributed by atoms with Crippen LogP contribution in [0.25, 0.3) is 0 Å². The van der Waals surface area contributed by atoms with Crippen molar-refractivity contribution in [3.8, 4) is 0 Å². The normalized spacial score (nSPS) is 13.5. The first-order chi connectivity index (χ1) is 7.66. The molecule has 5 heteroatoms. The molecule has 0 bridgehead atoms. The van der Waals surface area contributed by atoms with E-state index in [9.17, 15) is 14.4 Å². The number of ketones is 1. The van der Waals surface area contributed by atoms with Crippen molar-refractivity contribution in [2.45, 2.75) is 40.7 Å². The van der Waals surface area contributed by atoms with Gasteiger partial charge in [0, 0.05) is 12.2 Å². The highest BCUT2D eigenvalue weighted by Crippen LogP contribution is 2.27. The summed E-state index contributed by atoms with van der Waals surface area (Å²) in [6.07, 6.45) is 1.18. The van der Waals surface area contributed by atoms with E-state index >= 15 is 0 Å². The molecular formula is C12H18N2O3. The highest BCUT2D eigenvalue weighted by molar-refractivity contribution is 5.93. The van der Waals surface area contributed by atoms with Crippen LogP contribution in [0, 0.1) is 5.41 Å². The smallest absolute Gasteiger partial charge is 0.313 e. The number of Topliss-reactive ketones (excluding diaryl/α,β-unsaturated/α-hetero) is 1. The molecule has 17 heavy (non-hydrogen) atoms. The van der Waals surface area contributed by atoms with E-state index < -0.39 is 11.2 Å². The first-order valence-corrected chi connectivity index (χ1v) is 5.51. The van der Waals surface area contributed by atoms with Crippen molar-refractivity contribution in [3.63, 3.8) is 0 Å². The number of H-pyrrole nitrogens is 1. The van der Waals surface area contributed by atoms with E-state index in [1.807, 2.05) is 20.8 Å². The number of nitrogens with one attached hydrogen (secondary N) is 1. The molecule has 1 aromatic rings. The van der Waals surface area contributed by atoms with E-state index in [-0.39, 0.29) is 22.8 Å². The molecule has 0 saturated heterocycles. The van der Waals surface area contributed by atoms with Crippen LogP contribution >= 0.6 is 0 Å². The van der Waals surface area contributed by atoms with E-state index in [2.05, 4.69) is 4.98 Å². The fraction of sp³-hybridized carbons (Fsp3) is 0.583. The number of carbonyl (C=O) groups excluding carboxylic acids is 1. The van der Waals surface area contributed by atoms with Crippen LogP contribution in [-0.4, -0.2) is 15.3 Å². The first-order valence-electron chi connectivity index (χ1n) is 5.51. The Kier molecular flexibility index (Phi) is 3.40. The summed E-state index contributed by atoms with van der Waals surface area (Å²) < 4.78 is 1.11. The topological polar surface area (TPSA) is 71.9 Å². The summed E-state index contributed by atoms with van der Waals surface area (Å²) in [4.78, 5) is 37.4. The minimum Gasteiger partial charge on any atom is -0.313 e. The molecule has 0 saturated carbocycles. The van der Waals surface area contributed by atoms with Gasteiger partial charge in [0.05, 0.1) is 5.56 Å². The molecule has 94 valence electrons. The standard InChI is InChI=1S/C12H18N2O3/c1-7(15)9-6-13-11(17)14(10(9)16)8(2)12(3,4)5/h6,8H,1-5H3,(H,13,17). The lowest BCUT2D eigenvalue weighted by Crippen LogP contribution is -2.43. The summed E-state index contributed by atoms with van der Waals surface area (Å²) in [5.41, 5.74) is -1.24. The summed E-state index contributed by atoms with van der Waals surface area (Å²) in [7, 11) is 0. The van der Waals surface area contributed by atoms with E-state index in [4.69, 9.17) is 0 Å². The Morgan fingerprint density at radius 1 is 1.35 bits per heavy atom. The molecule has 0 aliphatic heterocycles. The van der Waals surface area contributed by atoms with Crippen molar-refractivity contribution in [1.82, 2.24) is 9.55 Å². The zero-order chi connectivity index (χ0) is 13.4. The zero-order valence-electron chi connectivity index (χ0n) is 10.8. The molecule has 1 rings (SSSR count). The maximum absolute atomic E-state index is 12.0. The first kappa shape index (κ1) is 13.4. The second kappa shape index (κ2) is 4.31. The molecule has 0 aliphatic rings. The van der Waals surface area contributed by atoms with Crippen LogP contribution in [0.1, 0.15) is 51.0 Å². The maximum atomic E-state index is 12.0. The molecule has 0 fully saturated rings. The lowest BCUT2D eigenvalue weighted by Gasteiger charge is -2.28. The molecule has 1 unspecified atom stereocenters. The van der Waals surface area contributed by atoms with Crippen LogP contribution in [0.4, 0.5) is 0 Å². The molecule has 0 spiro atoms. The molecule has 1 atom stereocenters. The summed E-state index contributed by atoms with van der Waals surface area (Å²) in [5, 5.41) is 0. The Balaban J connectivity index is 3.54. The number of hydrogen-bond acceptors (Lipinski definition) is 3. The predicted octanol–water partition coefficient (Wildman–Crippen LogP) is 1.35. The van der Waals surface area contributed by atoms with Crippen molar-refractivity contribution >= 4 is 5.78 Å². The van der Waals surface area contributed by atoms with Crippen molar-refractivity contribution in [2.75, 3.05) is 0 Å². The van der Waals surface area contributed by atoms with Crippen LogP contribution in [0.5, 0.6) is 0 Å². The molecule has 0 aromatic carbocycles. The second-order valence-corrected chi connectivity index (χ2v) is 5.28. The Morgan fingerprint density at radius 3 is 2.29 bits per heavy atom. The molecule has 1 heterocycles. The van der Waals surface area contributed by atoms with Gasteiger partial charge in [0.1, 0.15) is 0 Å². The summed E-state index contributed by atoms with van der Waals surface area (Å²) in [6, 6.07) is -0.293. The minimum atomic E-state index is -0.524. The van der Waals surface area contributed by atoms with Crippen LogP contribution < -0.4 is 11.2 Å². The zero-order valence-corrected chi connectivity index (χ0v) is 10.8. The number of aromatic nitrogens is 2. The molecule has 1 aromatic heterocycles. The van der Waals surface area contributed by atoms with Gasteiger partial charge in [0.15, 0.2) is 5.78 Å². The van der Waals surface area contributed by atoms with Crippen LogP contribution in [-0.2, 0) is 0 Å². The summed E-state index contributed by atoms with van der Waals surface area (Å²) >= 11 is 0. The minimum absolute atomic E-state index is 0.0145. The third-order valence-electron chi connectivity index (χ3n) is 3.03. The van der Waals surface area contributed by atoms with Gasteiger partial charge < -0.3 is 4.98 Å². The summed E-state index contributed by atoms with van der Waals surface area (Å²) in [5.74, 6) is -0.346. The number of nitrogens with zero attached hydrogens (tertiary/aromatic N) is 1. The highest BCUT2D eigenvalue weighted by Gasteiger charge is 2.25. The number of carbonyl (C=O) groups is 1. The molecule has 1 N–H and O–H groups in total. The van der Waals surface area contributed by atoms with Crippen molar-refractivity contribution in [1.29, 1.82) is 0 Å². The van der Waals surface area contributed by atoms with E-state index in [0.717, 1.165) is 4.57 Å². The maximum Gasteiger partial charge on any atom is 0.328 e. The van der Waals surface area contributed by atoms with Gasteiger partial charge in [-0.25, -0.2) is 4.79 Å². The fourth-order valence-corrected chi connectivity index (χ4v) is 1.48. The van der Waals surface area contributed by atoms with Gasteiger partial charge in [0.25, 0.3) is 5.56 Å². The van der Waals surface area contributed by atoms with Gasteiger partial charge in [0.2, 0.25) is 0 Å². The third-order valence-corrected chi connectivity index (χ3v) is 3.03. The van der Waals surface area contributed by atoms with Gasteiger partial charge in [-0.15, -0.1) is 0 Å². The van der Waals surface area contributed by atoms with Crippen LogP contribution in [0.15, 0.2) is 15.8 Å². The molecule has 0 amide bonds. The fourth-order valence-electron chi connectivity index (χ4n) is 1.48. The largest absolute Gasteiger partial charge is 0.328 e. The average molecular weight is 238 g/mol. The Bertz CT molecular complexity index is 546. The molecule has 0 aliphatic carbocycles. The predicted molar refractivity (Wildman–Crippen MR) is 65.5 cm³/mol. The molecular weight excluding hydrogens is 220 g/mol. The molecule has 0 radical (unpaired) electrons. The van der Waals surface area contributed by atoms with Crippen molar-refractivity contribution < 1.29 is 4.79 Å². The monoisotopic (exact) mass is 238 g/mol. The Hall–Kier alpha value is -1.65. The van der Waals surface area contributed by atoms with Gasteiger partial charge in [-0.1, -0.05) is 20.8 Å². The van der Waals surface area contributed by atoms with Gasteiger partial charge >= 0.3 is 5.69 Å². The van der Waals surface area contributed by atoms with Gasteiger partial charge in [-0.05, 0) is 19.3 Å². The third kappa shape index (κ3) is 2.54. The van der Waals surface area contributed by atoms with Gasteiger partial charge in [-0.3, -0.25) is 14.2 Å². The quantitative estimate of drug-likeness (QED) is 0.790. The number of aromatic amines is 1. The number of hydrogen-bond donors (Lipinski definition) is 1. The van der Waals surface area contributed by atoms with Gasteiger partial charge in [-0.2, -0.15) is 0 Å². The lowest BCUT2D eigenvalue weighted by atomic mass is 9.88. The SMILES string of the molecule is CC(=O)c1c[nH]c(=O)n(C(C)C(C)(C)C)c1=O. The van der Waals surface area contributed by atoms with E-state index in [1.165, 1.54) is 13.1 Å². The van der Waals surface area contributed by atoms with Crippen molar-refractivity contribution in [3.05, 3.63) is 32.6 Å². The highest BCUT2D eigenvalue weighted by atomic mass is 16.2. The second-order valence-electron chi connectivity index (χ2n) is 5.28. The summed E-state index contributed by atoms with van der Waals surface area (Å²) in [6.45, 7) is 8.90. The van der Waals surface area contributed by atoms with Crippen LogP contribution in [0.3, 0.4) is 0 Å². The Morgan fingerprint density at radius 2 is 1.88 bits per heavy atom. The lowest BCUT2D eigenvalue weighted by molar-refractivity contribution is 0.101. The average Bonchev–Trinajstić information content (AvgIpc) is 2.15. The van der Waals surface area contributed by atoms with Crippen molar-refractivity contribution in [2.24, 2.45) is 5.41 Å². The van der Waals surface area contributed by atoms with Crippen LogP contribution in [0.2, 0.25) is 0 Å². The number of rotatable bonds is 2. The van der Waals surface area contributed by atoms with E-state index in [1.54, 1.807) is 6.92 Å². The Labute approximate surface area is 99.5 Å². The molecule has 5 nitrogen and oxygen atoms in total. The van der Waals surface area contributed by atoms with E-state index in [0.29, 0.717) is 0 Å².